The Morgan fingerprint density at radius 2 is 1.68 bits per heavy atom. The Labute approximate surface area is 115 Å². The lowest BCUT2D eigenvalue weighted by molar-refractivity contribution is 0.577. The van der Waals surface area contributed by atoms with Gasteiger partial charge in [0.15, 0.2) is 0 Å². The molecule has 0 bridgehead atoms. The largest absolute Gasteiger partial charge is 0.309 e. The molecule has 2 aromatic carbocycles. The molecule has 98 valence electrons. The van der Waals surface area contributed by atoms with E-state index >= 15 is 0 Å². The number of benzene rings is 2. The summed E-state index contributed by atoms with van der Waals surface area (Å²) >= 11 is 0. The van der Waals surface area contributed by atoms with Crippen LogP contribution in [0.25, 0.3) is 0 Å². The summed E-state index contributed by atoms with van der Waals surface area (Å²) in [5, 5.41) is 3.66. The molecule has 1 aliphatic heterocycles. The van der Waals surface area contributed by atoms with Crippen molar-refractivity contribution in [3.05, 3.63) is 70.8 Å². The number of hydrogen-bond acceptors (Lipinski definition) is 1. The quantitative estimate of drug-likeness (QED) is 0.846. The van der Waals surface area contributed by atoms with E-state index in [4.69, 9.17) is 0 Å². The highest BCUT2D eigenvalue weighted by Crippen LogP contribution is 2.38. The maximum atomic E-state index is 3.66. The zero-order chi connectivity index (χ0) is 13.2. The molecular formula is C18H21N. The summed E-state index contributed by atoms with van der Waals surface area (Å²) in [6, 6.07) is 18.2. The van der Waals surface area contributed by atoms with Crippen LogP contribution in [0.2, 0.25) is 0 Å². The Bertz CT molecular complexity index is 559. The second-order valence-electron chi connectivity index (χ2n) is 5.58. The lowest BCUT2D eigenvalue weighted by Crippen LogP contribution is -2.17. The first kappa shape index (κ1) is 12.4. The van der Waals surface area contributed by atoms with Crippen LogP contribution in [0.15, 0.2) is 48.5 Å². The van der Waals surface area contributed by atoms with E-state index in [9.17, 15) is 0 Å². The minimum Gasteiger partial charge on any atom is -0.309 e. The molecule has 1 heteroatoms. The van der Waals surface area contributed by atoms with E-state index in [0.717, 1.165) is 6.54 Å². The molecule has 1 N–H and O–H groups in total. The molecule has 1 heterocycles. The number of hydrogen-bond donors (Lipinski definition) is 1. The first-order valence-corrected chi connectivity index (χ1v) is 7.11. The van der Waals surface area contributed by atoms with Crippen molar-refractivity contribution in [2.24, 2.45) is 0 Å². The average Bonchev–Trinajstić information content (AvgIpc) is 2.92. The van der Waals surface area contributed by atoms with Gasteiger partial charge in [0.05, 0.1) is 0 Å². The van der Waals surface area contributed by atoms with Gasteiger partial charge in [0.1, 0.15) is 0 Å². The topological polar surface area (TPSA) is 12.0 Å². The first-order chi connectivity index (χ1) is 9.25. The second kappa shape index (κ2) is 5.18. The van der Waals surface area contributed by atoms with E-state index in [2.05, 4.69) is 67.7 Å². The van der Waals surface area contributed by atoms with Gasteiger partial charge in [-0.3, -0.25) is 0 Å². The molecule has 3 rings (SSSR count). The molecule has 0 aromatic heterocycles. The van der Waals surface area contributed by atoms with Crippen molar-refractivity contribution in [2.75, 3.05) is 6.54 Å². The van der Waals surface area contributed by atoms with Crippen molar-refractivity contribution in [2.45, 2.75) is 32.2 Å². The van der Waals surface area contributed by atoms with Crippen LogP contribution in [0, 0.1) is 13.8 Å². The number of rotatable bonds is 2. The monoisotopic (exact) mass is 251 g/mol. The normalized spacial score (nSPS) is 22.6. The van der Waals surface area contributed by atoms with E-state index in [-0.39, 0.29) is 0 Å². The predicted octanol–water partition coefficient (Wildman–Crippen LogP) is 4.12. The van der Waals surface area contributed by atoms with Crippen molar-refractivity contribution in [3.8, 4) is 0 Å². The third-order valence-electron chi connectivity index (χ3n) is 4.34. The molecule has 0 saturated carbocycles. The van der Waals surface area contributed by atoms with E-state index in [1.54, 1.807) is 0 Å². The zero-order valence-corrected chi connectivity index (χ0v) is 11.7. The molecular weight excluding hydrogens is 230 g/mol. The van der Waals surface area contributed by atoms with Gasteiger partial charge in [-0.05, 0) is 49.1 Å². The van der Waals surface area contributed by atoms with Crippen molar-refractivity contribution in [1.82, 2.24) is 5.32 Å². The Hall–Kier alpha value is -1.60. The van der Waals surface area contributed by atoms with Gasteiger partial charge in [0.2, 0.25) is 0 Å². The lowest BCUT2D eigenvalue weighted by Gasteiger charge is -2.21. The molecule has 0 aliphatic carbocycles. The molecule has 1 saturated heterocycles. The predicted molar refractivity (Wildman–Crippen MR) is 80.5 cm³/mol. The summed E-state index contributed by atoms with van der Waals surface area (Å²) in [7, 11) is 0. The molecule has 2 atom stereocenters. The molecule has 0 spiro atoms. The molecule has 1 aliphatic rings. The van der Waals surface area contributed by atoms with Crippen LogP contribution in [0.5, 0.6) is 0 Å². The van der Waals surface area contributed by atoms with Crippen LogP contribution in [-0.4, -0.2) is 6.54 Å². The summed E-state index contributed by atoms with van der Waals surface area (Å²) in [6.07, 6.45) is 1.22. The lowest BCUT2D eigenvalue weighted by atomic mass is 9.86. The average molecular weight is 251 g/mol. The Kier molecular flexibility index (Phi) is 3.39. The van der Waals surface area contributed by atoms with Gasteiger partial charge in [-0.15, -0.1) is 0 Å². The summed E-state index contributed by atoms with van der Waals surface area (Å²) in [4.78, 5) is 0. The summed E-state index contributed by atoms with van der Waals surface area (Å²) in [6.45, 7) is 5.50. The van der Waals surface area contributed by atoms with Crippen LogP contribution in [-0.2, 0) is 0 Å². The van der Waals surface area contributed by atoms with Gasteiger partial charge in [-0.25, -0.2) is 0 Å². The maximum absolute atomic E-state index is 3.66. The van der Waals surface area contributed by atoms with Gasteiger partial charge in [-0.1, -0.05) is 48.5 Å². The SMILES string of the molecule is Cc1ccc(C2CCNC2c2ccccc2)cc1C. The highest BCUT2D eigenvalue weighted by Gasteiger charge is 2.29. The van der Waals surface area contributed by atoms with E-state index in [1.807, 2.05) is 0 Å². The van der Waals surface area contributed by atoms with Crippen LogP contribution in [0.3, 0.4) is 0 Å². The maximum Gasteiger partial charge on any atom is 0.0390 e. The van der Waals surface area contributed by atoms with Crippen LogP contribution in [0.4, 0.5) is 0 Å². The fourth-order valence-electron chi connectivity index (χ4n) is 3.07. The van der Waals surface area contributed by atoms with Gasteiger partial charge in [0, 0.05) is 12.0 Å². The molecule has 0 amide bonds. The standard InChI is InChI=1S/C18H21N/c1-13-8-9-16(12-14(13)2)17-10-11-19-18(17)15-6-4-3-5-7-15/h3-9,12,17-19H,10-11H2,1-2H3. The fourth-order valence-corrected chi connectivity index (χ4v) is 3.07. The minimum absolute atomic E-state index is 0.461. The summed E-state index contributed by atoms with van der Waals surface area (Å²) in [5.74, 6) is 0.599. The van der Waals surface area contributed by atoms with E-state index in [0.29, 0.717) is 12.0 Å². The van der Waals surface area contributed by atoms with Crippen molar-refractivity contribution in [1.29, 1.82) is 0 Å². The highest BCUT2D eigenvalue weighted by atomic mass is 15.0. The Morgan fingerprint density at radius 3 is 2.42 bits per heavy atom. The third-order valence-corrected chi connectivity index (χ3v) is 4.34. The van der Waals surface area contributed by atoms with E-state index < -0.39 is 0 Å². The molecule has 1 fully saturated rings. The Balaban J connectivity index is 1.93. The molecule has 2 aromatic rings. The van der Waals surface area contributed by atoms with Crippen molar-refractivity contribution >= 4 is 0 Å². The second-order valence-corrected chi connectivity index (χ2v) is 5.58. The molecule has 1 nitrogen and oxygen atoms in total. The summed E-state index contributed by atoms with van der Waals surface area (Å²) in [5.41, 5.74) is 5.66. The zero-order valence-electron chi connectivity index (χ0n) is 11.7. The third kappa shape index (κ3) is 2.43. The van der Waals surface area contributed by atoms with E-state index in [1.165, 1.54) is 28.7 Å². The fraction of sp³-hybridized carbons (Fsp3) is 0.333. The van der Waals surface area contributed by atoms with Crippen LogP contribution >= 0.6 is 0 Å². The van der Waals surface area contributed by atoms with Crippen molar-refractivity contribution in [3.63, 3.8) is 0 Å². The molecule has 19 heavy (non-hydrogen) atoms. The first-order valence-electron chi connectivity index (χ1n) is 7.11. The molecule has 0 radical (unpaired) electrons. The highest BCUT2D eigenvalue weighted by molar-refractivity contribution is 5.35. The Morgan fingerprint density at radius 1 is 0.895 bits per heavy atom. The summed E-state index contributed by atoms with van der Waals surface area (Å²) < 4.78 is 0. The van der Waals surface area contributed by atoms with Gasteiger partial charge in [-0.2, -0.15) is 0 Å². The number of nitrogens with one attached hydrogen (secondary N) is 1. The van der Waals surface area contributed by atoms with Gasteiger partial charge in [0.25, 0.3) is 0 Å². The van der Waals surface area contributed by atoms with Crippen LogP contribution < -0.4 is 5.32 Å². The molecule has 2 unspecified atom stereocenters. The smallest absolute Gasteiger partial charge is 0.0390 e. The minimum atomic E-state index is 0.461. The van der Waals surface area contributed by atoms with Crippen LogP contribution in [0.1, 0.15) is 40.6 Å². The van der Waals surface area contributed by atoms with Gasteiger partial charge >= 0.3 is 0 Å². The van der Waals surface area contributed by atoms with Gasteiger partial charge < -0.3 is 5.32 Å². The number of aryl methyl sites for hydroxylation is 2. The van der Waals surface area contributed by atoms with Crippen molar-refractivity contribution < 1.29 is 0 Å².